The Kier molecular flexibility index (Phi) is 10.4. The van der Waals surface area contributed by atoms with E-state index < -0.39 is 12.0 Å². The summed E-state index contributed by atoms with van der Waals surface area (Å²) in [5.41, 5.74) is 8.00. The standard InChI is InChI=1S/C35H35BrFN3O5/c1-23-8-7-9-32(39-18-5-4-6-19-39)34(23)40(25-12-16-27(17-13-25)45-26-14-10-24(37)11-15-26)38-31(22-41)28-21-33(43-2)29(20-30(28)36)35(42)44-3/h7-17,20-22,31,38H,4-6,18-19H2,1-3H3. The molecule has 10 heteroatoms. The van der Waals surface area contributed by atoms with Gasteiger partial charge in [-0.2, -0.15) is 0 Å². The van der Waals surface area contributed by atoms with Gasteiger partial charge in [-0.15, -0.1) is 0 Å². The average molecular weight is 677 g/mol. The summed E-state index contributed by atoms with van der Waals surface area (Å²) < 4.78 is 30.3. The molecule has 1 unspecified atom stereocenters. The molecule has 1 saturated heterocycles. The minimum Gasteiger partial charge on any atom is -0.496 e. The molecule has 5 rings (SSSR count). The summed E-state index contributed by atoms with van der Waals surface area (Å²) in [6, 6.07) is 21.9. The topological polar surface area (TPSA) is 80.3 Å². The van der Waals surface area contributed by atoms with Crippen molar-refractivity contribution in [3.8, 4) is 17.2 Å². The second-order valence-corrected chi connectivity index (χ2v) is 11.5. The minimum atomic E-state index is -0.844. The minimum absolute atomic E-state index is 0.236. The molecule has 4 aromatic rings. The molecule has 1 heterocycles. The Bertz CT molecular complexity index is 1640. The third-order valence-electron chi connectivity index (χ3n) is 7.74. The van der Waals surface area contributed by atoms with Crippen LogP contribution in [-0.4, -0.2) is 39.6 Å². The van der Waals surface area contributed by atoms with E-state index in [4.69, 9.17) is 14.2 Å². The van der Waals surface area contributed by atoms with Crippen LogP contribution in [0.25, 0.3) is 0 Å². The fraction of sp³-hybridized carbons (Fsp3) is 0.257. The second kappa shape index (κ2) is 14.6. The van der Waals surface area contributed by atoms with Crippen LogP contribution in [-0.2, 0) is 9.53 Å². The molecule has 1 N–H and O–H groups in total. The molecular formula is C35H35BrFN3O5. The number of benzene rings is 4. The zero-order valence-corrected chi connectivity index (χ0v) is 27.0. The number of halogens is 2. The van der Waals surface area contributed by atoms with Crippen LogP contribution < -0.4 is 24.8 Å². The number of carbonyl (C=O) groups excluding carboxylic acids is 2. The lowest BCUT2D eigenvalue weighted by molar-refractivity contribution is -0.109. The number of piperidine rings is 1. The number of aryl methyl sites for hydroxylation is 1. The Labute approximate surface area is 270 Å². The van der Waals surface area contributed by atoms with E-state index in [1.54, 1.807) is 24.3 Å². The van der Waals surface area contributed by atoms with Crippen molar-refractivity contribution >= 4 is 45.2 Å². The Morgan fingerprint density at radius 1 is 0.978 bits per heavy atom. The van der Waals surface area contributed by atoms with E-state index in [-0.39, 0.29) is 17.1 Å². The molecule has 45 heavy (non-hydrogen) atoms. The summed E-state index contributed by atoms with van der Waals surface area (Å²) >= 11 is 3.56. The van der Waals surface area contributed by atoms with E-state index in [0.717, 1.165) is 54.8 Å². The zero-order chi connectivity index (χ0) is 31.9. The second-order valence-electron chi connectivity index (χ2n) is 10.7. The van der Waals surface area contributed by atoms with Crippen LogP contribution in [0.2, 0.25) is 0 Å². The van der Waals surface area contributed by atoms with E-state index in [1.807, 2.05) is 48.3 Å². The molecule has 1 fully saturated rings. The number of carbonyl (C=O) groups is 2. The predicted octanol–water partition coefficient (Wildman–Crippen LogP) is 8.06. The third kappa shape index (κ3) is 7.29. The normalized spacial score (nSPS) is 13.6. The quantitative estimate of drug-likeness (QED) is 0.0972. The van der Waals surface area contributed by atoms with Gasteiger partial charge in [0.1, 0.15) is 41.0 Å². The average Bonchev–Trinajstić information content (AvgIpc) is 3.07. The molecule has 1 atom stereocenters. The van der Waals surface area contributed by atoms with Crippen LogP contribution >= 0.6 is 15.9 Å². The molecule has 8 nitrogen and oxygen atoms in total. The lowest BCUT2D eigenvalue weighted by atomic mass is 10.0. The number of nitrogens with zero attached hydrogens (tertiary/aromatic N) is 2. The molecule has 1 aliphatic rings. The third-order valence-corrected chi connectivity index (χ3v) is 8.43. The van der Waals surface area contributed by atoms with Crippen molar-refractivity contribution in [2.24, 2.45) is 0 Å². The van der Waals surface area contributed by atoms with E-state index >= 15 is 0 Å². The van der Waals surface area contributed by atoms with Gasteiger partial charge in [-0.1, -0.05) is 28.1 Å². The molecule has 234 valence electrons. The summed E-state index contributed by atoms with van der Waals surface area (Å²) in [6.45, 7) is 3.91. The molecule has 0 amide bonds. The number of hydrazine groups is 1. The van der Waals surface area contributed by atoms with Crippen molar-refractivity contribution in [3.63, 3.8) is 0 Å². The van der Waals surface area contributed by atoms with Crippen molar-refractivity contribution in [1.82, 2.24) is 5.43 Å². The maximum absolute atomic E-state index is 13.4. The monoisotopic (exact) mass is 675 g/mol. The lowest BCUT2D eigenvalue weighted by Crippen LogP contribution is -2.40. The van der Waals surface area contributed by atoms with Crippen molar-refractivity contribution in [2.75, 3.05) is 37.2 Å². The van der Waals surface area contributed by atoms with Gasteiger partial charge in [0.15, 0.2) is 0 Å². The maximum atomic E-state index is 13.4. The smallest absolute Gasteiger partial charge is 0.341 e. The first-order chi connectivity index (χ1) is 21.8. The van der Waals surface area contributed by atoms with E-state index in [0.29, 0.717) is 21.5 Å². The summed E-state index contributed by atoms with van der Waals surface area (Å²) in [5, 5.41) is 1.92. The first-order valence-corrected chi connectivity index (χ1v) is 15.5. The summed E-state index contributed by atoms with van der Waals surface area (Å²) in [7, 11) is 2.76. The van der Waals surface area contributed by atoms with Gasteiger partial charge in [-0.05, 0) is 104 Å². The van der Waals surface area contributed by atoms with Crippen LogP contribution in [0.4, 0.5) is 21.5 Å². The Hall–Kier alpha value is -4.41. The number of hydrogen-bond donors (Lipinski definition) is 1. The predicted molar refractivity (Wildman–Crippen MR) is 176 cm³/mol. The molecular weight excluding hydrogens is 641 g/mol. The molecule has 0 spiro atoms. The fourth-order valence-corrected chi connectivity index (χ4v) is 6.04. The number of nitrogens with one attached hydrogen (secondary N) is 1. The first-order valence-electron chi connectivity index (χ1n) is 14.7. The first kappa shape index (κ1) is 32.0. The number of aldehydes is 1. The lowest BCUT2D eigenvalue weighted by Gasteiger charge is -2.37. The van der Waals surface area contributed by atoms with Crippen LogP contribution in [0.5, 0.6) is 17.2 Å². The molecule has 1 aliphatic heterocycles. The SMILES string of the molecule is COC(=O)c1cc(Br)c(C(C=O)NN(c2ccc(Oc3ccc(F)cc3)cc2)c2c(C)cccc2N2CCCCC2)cc1OC. The Balaban J connectivity index is 1.57. The van der Waals surface area contributed by atoms with Crippen LogP contribution in [0.3, 0.4) is 0 Å². The number of hydrogen-bond acceptors (Lipinski definition) is 8. The number of ether oxygens (including phenoxy) is 3. The molecule has 0 radical (unpaired) electrons. The van der Waals surface area contributed by atoms with Gasteiger partial charge in [0.05, 0.1) is 31.3 Å². The van der Waals surface area contributed by atoms with Crippen molar-refractivity contribution in [2.45, 2.75) is 32.2 Å². The number of methoxy groups -OCH3 is 2. The molecule has 0 aliphatic carbocycles. The van der Waals surface area contributed by atoms with Crippen molar-refractivity contribution in [1.29, 1.82) is 0 Å². The zero-order valence-electron chi connectivity index (χ0n) is 25.4. The summed E-state index contributed by atoms with van der Waals surface area (Å²) in [5.74, 6) is 0.485. The van der Waals surface area contributed by atoms with Crippen molar-refractivity contribution in [3.05, 3.63) is 106 Å². The Morgan fingerprint density at radius 3 is 2.27 bits per heavy atom. The highest BCUT2D eigenvalue weighted by Crippen LogP contribution is 2.40. The van der Waals surface area contributed by atoms with Gasteiger partial charge in [0, 0.05) is 17.6 Å². The van der Waals surface area contributed by atoms with Gasteiger partial charge in [-0.3, -0.25) is 5.01 Å². The fourth-order valence-electron chi connectivity index (χ4n) is 5.45. The molecule has 0 saturated carbocycles. The highest BCUT2D eigenvalue weighted by Gasteiger charge is 2.27. The highest BCUT2D eigenvalue weighted by atomic mass is 79.9. The molecule has 0 bridgehead atoms. The van der Waals surface area contributed by atoms with Gasteiger partial charge in [0.25, 0.3) is 0 Å². The van der Waals surface area contributed by atoms with Gasteiger partial charge in [0.2, 0.25) is 0 Å². The molecule has 4 aromatic carbocycles. The number of para-hydroxylation sites is 1. The number of esters is 1. The van der Waals surface area contributed by atoms with Crippen LogP contribution in [0.1, 0.15) is 46.8 Å². The van der Waals surface area contributed by atoms with Crippen molar-refractivity contribution < 1.29 is 28.2 Å². The van der Waals surface area contributed by atoms with Crippen LogP contribution in [0.15, 0.2) is 83.3 Å². The van der Waals surface area contributed by atoms with Gasteiger partial charge in [-0.25, -0.2) is 14.6 Å². The maximum Gasteiger partial charge on any atom is 0.341 e. The van der Waals surface area contributed by atoms with Gasteiger partial charge < -0.3 is 23.9 Å². The van der Waals surface area contributed by atoms with E-state index in [1.165, 1.54) is 32.8 Å². The largest absolute Gasteiger partial charge is 0.496 e. The summed E-state index contributed by atoms with van der Waals surface area (Å²) in [6.07, 6.45) is 4.22. The van der Waals surface area contributed by atoms with E-state index in [9.17, 15) is 14.0 Å². The molecule has 0 aromatic heterocycles. The number of rotatable bonds is 11. The van der Waals surface area contributed by atoms with Gasteiger partial charge >= 0.3 is 5.97 Å². The summed E-state index contributed by atoms with van der Waals surface area (Å²) in [4.78, 5) is 27.5. The van der Waals surface area contributed by atoms with E-state index in [2.05, 4.69) is 32.3 Å². The highest BCUT2D eigenvalue weighted by molar-refractivity contribution is 9.10. The number of anilines is 3. The van der Waals surface area contributed by atoms with Crippen LogP contribution in [0, 0.1) is 12.7 Å². The Morgan fingerprint density at radius 2 is 1.64 bits per heavy atom.